The molecule has 1 fully saturated rings. The molecule has 1 aliphatic rings. The molecule has 0 bridgehead atoms. The van der Waals surface area contributed by atoms with Gasteiger partial charge in [-0.2, -0.15) is 5.10 Å². The summed E-state index contributed by atoms with van der Waals surface area (Å²) in [6, 6.07) is 11.7. The van der Waals surface area contributed by atoms with Crippen molar-refractivity contribution in [2.24, 2.45) is 0 Å². The minimum absolute atomic E-state index is 0.135. The highest BCUT2D eigenvalue weighted by Gasteiger charge is 2.20. The Hall–Kier alpha value is -2.90. The second kappa shape index (κ2) is 9.49. The van der Waals surface area contributed by atoms with E-state index in [1.807, 2.05) is 38.1 Å². The van der Waals surface area contributed by atoms with Crippen molar-refractivity contribution >= 4 is 5.91 Å². The molecule has 0 unspecified atom stereocenters. The average molecular weight is 423 g/mol. The van der Waals surface area contributed by atoms with Gasteiger partial charge in [0.1, 0.15) is 17.1 Å². The van der Waals surface area contributed by atoms with E-state index >= 15 is 0 Å². The summed E-state index contributed by atoms with van der Waals surface area (Å²) >= 11 is 0. The number of amides is 1. The second-order valence-corrected chi connectivity index (χ2v) is 8.09. The Morgan fingerprint density at radius 2 is 1.90 bits per heavy atom. The van der Waals surface area contributed by atoms with Crippen molar-refractivity contribution in [3.8, 4) is 17.1 Å². The maximum atomic E-state index is 13.1. The van der Waals surface area contributed by atoms with Gasteiger partial charge >= 0.3 is 0 Å². The normalized spacial score (nSPS) is 14.7. The molecule has 0 aliphatic carbocycles. The molecular weight excluding hydrogens is 392 g/mol. The summed E-state index contributed by atoms with van der Waals surface area (Å²) in [6.07, 6.45) is 0.897. The number of nitrogens with zero attached hydrogens (tertiary/aromatic N) is 3. The van der Waals surface area contributed by atoms with Gasteiger partial charge in [0.2, 0.25) is 0 Å². The van der Waals surface area contributed by atoms with E-state index in [9.17, 15) is 4.79 Å². The molecule has 1 aromatic carbocycles. The highest BCUT2D eigenvalue weighted by Crippen LogP contribution is 2.25. The number of benzene rings is 1. The molecule has 2 aromatic heterocycles. The minimum Gasteiger partial charge on any atom is -0.460 e. The van der Waals surface area contributed by atoms with Crippen LogP contribution in [0, 0.1) is 20.8 Å². The number of rotatable bonds is 7. The van der Waals surface area contributed by atoms with Gasteiger partial charge in [0.05, 0.1) is 18.9 Å². The highest BCUT2D eigenvalue weighted by atomic mass is 16.5. The summed E-state index contributed by atoms with van der Waals surface area (Å²) in [6.45, 7) is 11.0. The van der Waals surface area contributed by atoms with Crippen molar-refractivity contribution in [1.82, 2.24) is 20.0 Å². The summed E-state index contributed by atoms with van der Waals surface area (Å²) < 4.78 is 12.9. The number of aromatic nitrogens is 2. The zero-order valence-corrected chi connectivity index (χ0v) is 18.5. The monoisotopic (exact) mass is 422 g/mol. The van der Waals surface area contributed by atoms with Gasteiger partial charge in [-0.1, -0.05) is 17.7 Å². The SMILES string of the molecule is Cc1ccc(-n2nc(-c3ccc(C)o3)cc2C(=O)NCCCN2CCOCC2)c(C)c1. The number of aryl methyl sites for hydroxylation is 3. The third-order valence-electron chi connectivity index (χ3n) is 5.56. The van der Waals surface area contributed by atoms with Gasteiger partial charge in [0.15, 0.2) is 5.76 Å². The zero-order chi connectivity index (χ0) is 21.8. The van der Waals surface area contributed by atoms with Crippen molar-refractivity contribution in [2.45, 2.75) is 27.2 Å². The van der Waals surface area contributed by atoms with Gasteiger partial charge in [-0.25, -0.2) is 4.68 Å². The minimum atomic E-state index is -0.135. The number of hydrogen-bond acceptors (Lipinski definition) is 5. The summed E-state index contributed by atoms with van der Waals surface area (Å²) in [4.78, 5) is 15.4. The Balaban J connectivity index is 1.53. The summed E-state index contributed by atoms with van der Waals surface area (Å²) in [5, 5.41) is 7.78. The van der Waals surface area contributed by atoms with E-state index in [0.717, 1.165) is 56.3 Å². The third-order valence-corrected chi connectivity index (χ3v) is 5.56. The first-order chi connectivity index (χ1) is 15.0. The molecule has 1 saturated heterocycles. The van der Waals surface area contributed by atoms with Crippen molar-refractivity contribution in [1.29, 1.82) is 0 Å². The number of ether oxygens (including phenoxy) is 1. The van der Waals surface area contributed by atoms with Crippen molar-refractivity contribution in [3.63, 3.8) is 0 Å². The Kier molecular flexibility index (Phi) is 6.53. The van der Waals surface area contributed by atoms with Crippen LogP contribution < -0.4 is 5.32 Å². The van der Waals surface area contributed by atoms with Gasteiger partial charge in [0, 0.05) is 25.7 Å². The molecular formula is C24H30N4O3. The smallest absolute Gasteiger partial charge is 0.270 e. The maximum absolute atomic E-state index is 13.1. The second-order valence-electron chi connectivity index (χ2n) is 8.09. The zero-order valence-electron chi connectivity index (χ0n) is 18.5. The van der Waals surface area contributed by atoms with Crippen molar-refractivity contribution in [2.75, 3.05) is 39.4 Å². The largest absolute Gasteiger partial charge is 0.460 e. The first kappa shape index (κ1) is 21.3. The molecule has 0 atom stereocenters. The molecule has 1 N–H and O–H groups in total. The topological polar surface area (TPSA) is 72.5 Å². The summed E-state index contributed by atoms with van der Waals surface area (Å²) in [5.74, 6) is 1.33. The molecule has 0 spiro atoms. The van der Waals surface area contributed by atoms with Crippen LogP contribution in [0.5, 0.6) is 0 Å². The number of morpholine rings is 1. The van der Waals surface area contributed by atoms with Gasteiger partial charge < -0.3 is 14.5 Å². The number of hydrogen-bond donors (Lipinski definition) is 1. The quantitative estimate of drug-likeness (QED) is 0.590. The first-order valence-corrected chi connectivity index (χ1v) is 10.8. The molecule has 3 aromatic rings. The van der Waals surface area contributed by atoms with E-state index in [0.29, 0.717) is 23.7 Å². The molecule has 0 saturated carbocycles. The fourth-order valence-electron chi connectivity index (χ4n) is 3.88. The number of nitrogens with one attached hydrogen (secondary N) is 1. The lowest BCUT2D eigenvalue weighted by molar-refractivity contribution is 0.0374. The van der Waals surface area contributed by atoms with Gasteiger partial charge in [-0.15, -0.1) is 0 Å². The summed E-state index contributed by atoms with van der Waals surface area (Å²) in [5.41, 5.74) is 4.27. The van der Waals surface area contributed by atoms with E-state index in [2.05, 4.69) is 23.2 Å². The Morgan fingerprint density at radius 3 is 2.61 bits per heavy atom. The van der Waals surface area contributed by atoms with Gasteiger partial charge in [-0.3, -0.25) is 9.69 Å². The molecule has 7 nitrogen and oxygen atoms in total. The van der Waals surface area contributed by atoms with E-state index < -0.39 is 0 Å². The Labute approximate surface area is 183 Å². The van der Waals surface area contributed by atoms with E-state index in [1.165, 1.54) is 5.56 Å². The van der Waals surface area contributed by atoms with Crippen LogP contribution in [0.2, 0.25) is 0 Å². The van der Waals surface area contributed by atoms with Crippen LogP contribution in [0.3, 0.4) is 0 Å². The van der Waals surface area contributed by atoms with E-state index in [1.54, 1.807) is 10.7 Å². The molecule has 7 heteroatoms. The fourth-order valence-corrected chi connectivity index (χ4v) is 3.88. The lowest BCUT2D eigenvalue weighted by Crippen LogP contribution is -2.38. The predicted molar refractivity (Wildman–Crippen MR) is 120 cm³/mol. The number of furan rings is 1. The maximum Gasteiger partial charge on any atom is 0.270 e. The number of carbonyl (C=O) groups is 1. The van der Waals surface area contributed by atoms with Crippen LogP contribution in [0.25, 0.3) is 17.1 Å². The van der Waals surface area contributed by atoms with E-state index in [-0.39, 0.29) is 5.91 Å². The molecule has 4 rings (SSSR count). The van der Waals surface area contributed by atoms with Crippen molar-refractivity contribution in [3.05, 3.63) is 59.0 Å². The standard InChI is InChI=1S/C24H30N4O3/c1-17-5-7-21(18(2)15-17)28-22(16-20(26-28)23-8-6-19(3)31-23)24(29)25-9-4-10-27-11-13-30-14-12-27/h5-8,15-16H,4,9-14H2,1-3H3,(H,25,29). The van der Waals surface area contributed by atoms with Crippen LogP contribution in [-0.2, 0) is 4.74 Å². The predicted octanol–water partition coefficient (Wildman–Crippen LogP) is 3.51. The van der Waals surface area contributed by atoms with Crippen LogP contribution in [0.15, 0.2) is 40.8 Å². The first-order valence-electron chi connectivity index (χ1n) is 10.8. The summed E-state index contributed by atoms with van der Waals surface area (Å²) in [7, 11) is 0. The molecule has 1 aliphatic heterocycles. The van der Waals surface area contributed by atoms with Crippen LogP contribution >= 0.6 is 0 Å². The highest BCUT2D eigenvalue weighted by molar-refractivity contribution is 5.94. The third kappa shape index (κ3) is 5.06. The molecule has 31 heavy (non-hydrogen) atoms. The Bertz CT molecular complexity index is 1050. The van der Waals surface area contributed by atoms with Gasteiger partial charge in [-0.05, 0) is 57.5 Å². The molecule has 3 heterocycles. The Morgan fingerprint density at radius 1 is 1.10 bits per heavy atom. The van der Waals surface area contributed by atoms with Crippen LogP contribution in [0.1, 0.15) is 33.8 Å². The van der Waals surface area contributed by atoms with Crippen molar-refractivity contribution < 1.29 is 13.9 Å². The fraction of sp³-hybridized carbons (Fsp3) is 0.417. The average Bonchev–Trinajstić information content (AvgIpc) is 3.38. The number of carbonyl (C=O) groups excluding carboxylic acids is 1. The van der Waals surface area contributed by atoms with Gasteiger partial charge in [0.25, 0.3) is 5.91 Å². The lowest BCUT2D eigenvalue weighted by atomic mass is 10.1. The molecule has 164 valence electrons. The van der Waals surface area contributed by atoms with E-state index in [4.69, 9.17) is 14.3 Å². The van der Waals surface area contributed by atoms with Crippen LogP contribution in [0.4, 0.5) is 0 Å². The molecule has 1 amide bonds. The van der Waals surface area contributed by atoms with Crippen LogP contribution in [-0.4, -0.2) is 60.0 Å². The lowest BCUT2D eigenvalue weighted by Gasteiger charge is -2.26. The molecule has 0 radical (unpaired) electrons.